The van der Waals surface area contributed by atoms with Gasteiger partial charge in [0.2, 0.25) is 0 Å². The van der Waals surface area contributed by atoms with Crippen molar-refractivity contribution in [3.63, 3.8) is 0 Å². The summed E-state index contributed by atoms with van der Waals surface area (Å²) in [4.78, 5) is 12.0. The number of nitrogen functional groups attached to an aromatic ring is 1. The van der Waals surface area contributed by atoms with Gasteiger partial charge in [-0.2, -0.15) is 0 Å². The number of rotatable bonds is 5. The average Bonchev–Trinajstić information content (AvgIpc) is 2.74. The van der Waals surface area contributed by atoms with E-state index in [2.05, 4.69) is 0 Å². The largest absolute Gasteiger partial charge is 0.494 e. The Bertz CT molecular complexity index is 613. The Morgan fingerprint density at radius 2 is 1.95 bits per heavy atom. The van der Waals surface area contributed by atoms with Crippen LogP contribution in [0.1, 0.15) is 19.4 Å². The van der Waals surface area contributed by atoms with Crippen LogP contribution >= 0.6 is 0 Å². The van der Waals surface area contributed by atoms with E-state index in [9.17, 15) is 4.79 Å². The monoisotopic (exact) mass is 261 g/mol. The van der Waals surface area contributed by atoms with E-state index in [1.54, 1.807) is 27.6 Å². The van der Waals surface area contributed by atoms with Gasteiger partial charge in [0, 0.05) is 30.2 Å². The van der Waals surface area contributed by atoms with Crippen molar-refractivity contribution in [1.82, 2.24) is 9.13 Å². The molecule has 0 saturated heterocycles. The van der Waals surface area contributed by atoms with E-state index in [0.29, 0.717) is 25.4 Å². The van der Waals surface area contributed by atoms with Gasteiger partial charge >= 0.3 is 5.69 Å². The van der Waals surface area contributed by atoms with Crippen molar-refractivity contribution in [2.75, 3.05) is 12.3 Å². The van der Waals surface area contributed by atoms with E-state index in [1.807, 2.05) is 26.0 Å². The molecule has 0 saturated carbocycles. The molecule has 1 aromatic carbocycles. The second-order valence-electron chi connectivity index (χ2n) is 4.29. The molecule has 0 aliphatic carbocycles. The van der Waals surface area contributed by atoms with Crippen LogP contribution in [0.15, 0.2) is 35.4 Å². The number of anilines is 1. The fourth-order valence-corrected chi connectivity index (χ4v) is 2.02. The summed E-state index contributed by atoms with van der Waals surface area (Å²) >= 11 is 0. The van der Waals surface area contributed by atoms with Gasteiger partial charge in [0.15, 0.2) is 0 Å². The molecule has 0 unspecified atom stereocenters. The molecule has 2 aromatic rings. The molecule has 0 spiro atoms. The number of imidazole rings is 1. The first-order chi connectivity index (χ1) is 9.15. The smallest absolute Gasteiger partial charge is 0.328 e. The number of aromatic nitrogens is 2. The number of nitrogens with zero attached hydrogens (tertiary/aromatic N) is 2. The van der Waals surface area contributed by atoms with Crippen molar-refractivity contribution in [2.45, 2.75) is 26.9 Å². The van der Waals surface area contributed by atoms with Crippen LogP contribution in [0.25, 0.3) is 0 Å². The SMILES string of the molecule is CCOc1ccc(N)cc1Cn1ccn(CC)c1=O. The third-order valence-electron chi connectivity index (χ3n) is 2.98. The molecule has 102 valence electrons. The lowest BCUT2D eigenvalue weighted by Crippen LogP contribution is -2.24. The second kappa shape index (κ2) is 5.65. The quantitative estimate of drug-likeness (QED) is 0.833. The highest BCUT2D eigenvalue weighted by Crippen LogP contribution is 2.22. The Balaban J connectivity index is 2.33. The molecule has 0 radical (unpaired) electrons. The van der Waals surface area contributed by atoms with E-state index in [4.69, 9.17) is 10.5 Å². The van der Waals surface area contributed by atoms with Gasteiger partial charge in [-0.15, -0.1) is 0 Å². The molecular weight excluding hydrogens is 242 g/mol. The van der Waals surface area contributed by atoms with Crippen LogP contribution in [-0.4, -0.2) is 15.7 Å². The standard InChI is InChI=1S/C14H19N3O2/c1-3-16-7-8-17(14(16)18)10-11-9-12(15)5-6-13(11)19-4-2/h5-9H,3-4,10,15H2,1-2H3. The number of hydrogen-bond acceptors (Lipinski definition) is 3. The summed E-state index contributed by atoms with van der Waals surface area (Å²) in [7, 11) is 0. The Hall–Kier alpha value is -2.17. The summed E-state index contributed by atoms with van der Waals surface area (Å²) < 4.78 is 8.87. The molecule has 2 N–H and O–H groups in total. The van der Waals surface area contributed by atoms with E-state index in [0.717, 1.165) is 11.3 Å². The van der Waals surface area contributed by atoms with E-state index < -0.39 is 0 Å². The number of benzene rings is 1. The Kier molecular flexibility index (Phi) is 3.94. The van der Waals surface area contributed by atoms with Crippen LogP contribution in [0.5, 0.6) is 5.75 Å². The molecule has 5 heteroatoms. The van der Waals surface area contributed by atoms with E-state index in [-0.39, 0.29) is 5.69 Å². The Labute approximate surface area is 112 Å². The van der Waals surface area contributed by atoms with Crippen LogP contribution in [0.2, 0.25) is 0 Å². The maximum Gasteiger partial charge on any atom is 0.328 e. The summed E-state index contributed by atoms with van der Waals surface area (Å²) in [5, 5.41) is 0. The van der Waals surface area contributed by atoms with E-state index in [1.165, 1.54) is 0 Å². The molecule has 2 rings (SSSR count). The molecular formula is C14H19N3O2. The highest BCUT2D eigenvalue weighted by atomic mass is 16.5. The van der Waals surface area contributed by atoms with Crippen molar-refractivity contribution in [1.29, 1.82) is 0 Å². The maximum absolute atomic E-state index is 12.0. The topological polar surface area (TPSA) is 62.2 Å². The zero-order valence-electron chi connectivity index (χ0n) is 11.3. The van der Waals surface area contributed by atoms with Gasteiger partial charge in [-0.3, -0.25) is 9.13 Å². The van der Waals surface area contributed by atoms with Gasteiger partial charge in [0.25, 0.3) is 0 Å². The summed E-state index contributed by atoms with van der Waals surface area (Å²) in [6.45, 7) is 5.59. The van der Waals surface area contributed by atoms with Crippen LogP contribution in [0.3, 0.4) is 0 Å². The average molecular weight is 261 g/mol. The summed E-state index contributed by atoms with van der Waals surface area (Å²) in [5.74, 6) is 0.771. The lowest BCUT2D eigenvalue weighted by molar-refractivity contribution is 0.335. The number of nitrogens with two attached hydrogens (primary N) is 1. The van der Waals surface area contributed by atoms with Gasteiger partial charge in [0.1, 0.15) is 5.75 Å². The molecule has 1 heterocycles. The Morgan fingerprint density at radius 1 is 1.21 bits per heavy atom. The molecule has 0 aliphatic rings. The molecule has 1 aromatic heterocycles. The molecule has 0 aliphatic heterocycles. The lowest BCUT2D eigenvalue weighted by atomic mass is 10.1. The fourth-order valence-electron chi connectivity index (χ4n) is 2.02. The first-order valence-electron chi connectivity index (χ1n) is 6.42. The van der Waals surface area contributed by atoms with Gasteiger partial charge in [-0.1, -0.05) is 0 Å². The molecule has 19 heavy (non-hydrogen) atoms. The predicted octanol–water partition coefficient (Wildman–Crippen LogP) is 1.70. The molecule has 0 bridgehead atoms. The van der Waals surface area contributed by atoms with Crippen molar-refractivity contribution in [3.05, 3.63) is 46.6 Å². The highest BCUT2D eigenvalue weighted by Gasteiger charge is 2.08. The van der Waals surface area contributed by atoms with Crippen molar-refractivity contribution in [2.24, 2.45) is 0 Å². The van der Waals surface area contributed by atoms with E-state index >= 15 is 0 Å². The maximum atomic E-state index is 12.0. The van der Waals surface area contributed by atoms with Crippen molar-refractivity contribution < 1.29 is 4.74 Å². The minimum Gasteiger partial charge on any atom is -0.494 e. The zero-order chi connectivity index (χ0) is 13.8. The van der Waals surface area contributed by atoms with Gasteiger partial charge in [-0.05, 0) is 32.0 Å². The molecule has 0 fully saturated rings. The zero-order valence-corrected chi connectivity index (χ0v) is 11.3. The fraction of sp³-hybridized carbons (Fsp3) is 0.357. The van der Waals surface area contributed by atoms with Crippen molar-refractivity contribution >= 4 is 5.69 Å². The molecule has 0 atom stereocenters. The summed E-state index contributed by atoms with van der Waals surface area (Å²) in [5.41, 5.74) is 7.36. The lowest BCUT2D eigenvalue weighted by Gasteiger charge is -2.11. The van der Waals surface area contributed by atoms with Gasteiger partial charge in [-0.25, -0.2) is 4.79 Å². The van der Waals surface area contributed by atoms with Gasteiger partial charge in [0.05, 0.1) is 13.2 Å². The summed E-state index contributed by atoms with van der Waals surface area (Å²) in [6, 6.07) is 5.49. The minimum absolute atomic E-state index is 0.0210. The third kappa shape index (κ3) is 2.81. The number of ether oxygens (including phenoxy) is 1. The van der Waals surface area contributed by atoms with Crippen LogP contribution < -0.4 is 16.2 Å². The highest BCUT2D eigenvalue weighted by molar-refractivity contribution is 5.48. The van der Waals surface area contributed by atoms with Crippen LogP contribution in [0.4, 0.5) is 5.69 Å². The van der Waals surface area contributed by atoms with Gasteiger partial charge < -0.3 is 10.5 Å². The second-order valence-corrected chi connectivity index (χ2v) is 4.29. The Morgan fingerprint density at radius 3 is 2.58 bits per heavy atom. The molecule has 0 amide bonds. The first-order valence-corrected chi connectivity index (χ1v) is 6.42. The normalized spacial score (nSPS) is 10.6. The third-order valence-corrected chi connectivity index (χ3v) is 2.98. The first kappa shape index (κ1) is 13.3. The molecule has 5 nitrogen and oxygen atoms in total. The minimum atomic E-state index is -0.0210. The van der Waals surface area contributed by atoms with Crippen LogP contribution in [0, 0.1) is 0 Å². The summed E-state index contributed by atoms with van der Waals surface area (Å²) in [6.07, 6.45) is 3.57. The van der Waals surface area contributed by atoms with Crippen LogP contribution in [-0.2, 0) is 13.1 Å². The van der Waals surface area contributed by atoms with Crippen molar-refractivity contribution in [3.8, 4) is 5.75 Å². The number of aryl methyl sites for hydroxylation is 1. The predicted molar refractivity (Wildman–Crippen MR) is 75.5 cm³/mol. The number of hydrogen-bond donors (Lipinski definition) is 1.